The fraction of sp³-hybridized carbons (Fsp3) is 0.304. The van der Waals surface area contributed by atoms with E-state index in [-0.39, 0.29) is 36.8 Å². The molecule has 4 rings (SSSR count). The normalized spacial score (nSPS) is 17.8. The fourth-order valence-corrected chi connectivity index (χ4v) is 3.54. The maximum Gasteiger partial charge on any atom is 0.374 e. The highest BCUT2D eigenvalue weighted by Crippen LogP contribution is 2.24. The summed E-state index contributed by atoms with van der Waals surface area (Å²) in [5, 5.41) is 6.86. The Kier molecular flexibility index (Phi) is 7.68. The number of hydrogen-bond donors (Lipinski definition) is 2. The van der Waals surface area contributed by atoms with E-state index in [1.54, 1.807) is 31.2 Å². The average molecular weight is 445 g/mol. The van der Waals surface area contributed by atoms with Gasteiger partial charge in [0.15, 0.2) is 0 Å². The van der Waals surface area contributed by atoms with Crippen LogP contribution >= 0.6 is 12.4 Å². The molecule has 2 atom stereocenters. The molecule has 0 radical (unpaired) electrons. The molecule has 1 aliphatic rings. The molecule has 1 saturated heterocycles. The summed E-state index contributed by atoms with van der Waals surface area (Å²) in [6.45, 7) is 3.21. The molecule has 3 aromatic rings. The first kappa shape index (κ1) is 22.8. The highest BCUT2D eigenvalue weighted by Gasteiger charge is 2.33. The summed E-state index contributed by atoms with van der Waals surface area (Å²) in [4.78, 5) is 24.7. The first-order valence-corrected chi connectivity index (χ1v) is 10.0. The maximum atomic E-state index is 12.8. The van der Waals surface area contributed by atoms with Gasteiger partial charge in [-0.25, -0.2) is 4.79 Å². The number of nitrogens with one attached hydrogen (secondary N) is 2. The monoisotopic (exact) mass is 444 g/mol. The molecule has 1 fully saturated rings. The molecule has 0 saturated carbocycles. The third-order valence-corrected chi connectivity index (χ3v) is 5.01. The Morgan fingerprint density at radius 1 is 1.16 bits per heavy atom. The highest BCUT2D eigenvalue weighted by atomic mass is 35.5. The molecule has 1 aliphatic heterocycles. The number of rotatable bonds is 7. The molecule has 0 spiro atoms. The van der Waals surface area contributed by atoms with E-state index in [0.29, 0.717) is 23.3 Å². The minimum absolute atomic E-state index is 0. The zero-order valence-electron chi connectivity index (χ0n) is 17.1. The number of halogens is 1. The number of furan rings is 1. The van der Waals surface area contributed by atoms with Crippen LogP contribution in [-0.4, -0.2) is 37.2 Å². The molecule has 1 aromatic heterocycles. The summed E-state index contributed by atoms with van der Waals surface area (Å²) >= 11 is 0. The van der Waals surface area contributed by atoms with Crippen LogP contribution in [0, 0.1) is 0 Å². The van der Waals surface area contributed by atoms with Crippen LogP contribution in [0.2, 0.25) is 0 Å². The molecule has 31 heavy (non-hydrogen) atoms. The lowest BCUT2D eigenvalue weighted by Crippen LogP contribution is -2.43. The number of benzene rings is 2. The lowest BCUT2D eigenvalue weighted by Gasteiger charge is -2.20. The molecular weight excluding hydrogens is 420 g/mol. The second-order valence-electron chi connectivity index (χ2n) is 7.13. The van der Waals surface area contributed by atoms with E-state index in [0.717, 1.165) is 18.5 Å². The Morgan fingerprint density at radius 3 is 2.74 bits per heavy atom. The molecule has 164 valence electrons. The first-order valence-electron chi connectivity index (χ1n) is 10.0. The van der Waals surface area contributed by atoms with E-state index in [1.165, 1.54) is 0 Å². The van der Waals surface area contributed by atoms with Crippen molar-refractivity contribution in [2.75, 3.05) is 18.5 Å². The van der Waals surface area contributed by atoms with Gasteiger partial charge in [0.2, 0.25) is 11.7 Å². The van der Waals surface area contributed by atoms with Crippen LogP contribution in [0.3, 0.4) is 0 Å². The van der Waals surface area contributed by atoms with Gasteiger partial charge in [-0.2, -0.15) is 0 Å². The maximum absolute atomic E-state index is 12.8. The fourth-order valence-electron chi connectivity index (χ4n) is 3.54. The number of hydrogen-bond acceptors (Lipinski definition) is 6. The van der Waals surface area contributed by atoms with Crippen LogP contribution in [0.1, 0.15) is 29.5 Å². The van der Waals surface area contributed by atoms with E-state index < -0.39 is 12.0 Å². The van der Waals surface area contributed by atoms with Gasteiger partial charge in [-0.15, -0.1) is 12.4 Å². The summed E-state index contributed by atoms with van der Waals surface area (Å²) in [5.41, 5.74) is 2.25. The van der Waals surface area contributed by atoms with Gasteiger partial charge >= 0.3 is 5.97 Å². The van der Waals surface area contributed by atoms with E-state index in [2.05, 4.69) is 10.6 Å². The smallest absolute Gasteiger partial charge is 0.374 e. The molecule has 8 heteroatoms. The Balaban J connectivity index is 0.00000272. The van der Waals surface area contributed by atoms with Gasteiger partial charge in [0.25, 0.3) is 0 Å². The quantitative estimate of drug-likeness (QED) is 0.537. The van der Waals surface area contributed by atoms with Crippen molar-refractivity contribution in [2.45, 2.75) is 32.1 Å². The van der Waals surface area contributed by atoms with Gasteiger partial charge < -0.3 is 24.5 Å². The molecule has 2 N–H and O–H groups in total. The highest BCUT2D eigenvalue weighted by molar-refractivity contribution is 5.98. The third-order valence-electron chi connectivity index (χ3n) is 5.01. The number of esters is 1. The SMILES string of the molecule is CCOC(=O)c1cc2cc(NC(=O)[C@H]3NCC[C@H]3OCc3ccccc3)ccc2o1.Cl. The van der Waals surface area contributed by atoms with Crippen molar-refractivity contribution in [2.24, 2.45) is 0 Å². The Hall–Kier alpha value is -2.87. The van der Waals surface area contributed by atoms with Crippen LogP contribution in [0.4, 0.5) is 5.69 Å². The van der Waals surface area contributed by atoms with Crippen molar-refractivity contribution in [3.63, 3.8) is 0 Å². The van der Waals surface area contributed by atoms with Crippen LogP contribution in [0.5, 0.6) is 0 Å². The van der Waals surface area contributed by atoms with Gasteiger partial charge in [-0.1, -0.05) is 30.3 Å². The minimum Gasteiger partial charge on any atom is -0.460 e. The molecule has 0 bridgehead atoms. The van der Waals surface area contributed by atoms with E-state index in [1.807, 2.05) is 30.3 Å². The standard InChI is InChI=1S/C23H24N2O5.ClH/c1-2-28-23(27)20-13-16-12-17(8-9-18(16)30-20)25-22(26)21-19(10-11-24-21)29-14-15-6-4-3-5-7-15;/h3-9,12-13,19,21,24H,2,10-11,14H2,1H3,(H,25,26);1H/t19-,21+;/m1./s1. The van der Waals surface area contributed by atoms with Gasteiger partial charge in [0.05, 0.1) is 19.3 Å². The molecule has 0 unspecified atom stereocenters. The molecule has 2 aromatic carbocycles. The summed E-state index contributed by atoms with van der Waals surface area (Å²) in [7, 11) is 0. The van der Waals surface area contributed by atoms with E-state index in [9.17, 15) is 9.59 Å². The van der Waals surface area contributed by atoms with Crippen LogP contribution in [-0.2, 0) is 20.9 Å². The second kappa shape index (κ2) is 10.4. The molecule has 7 nitrogen and oxygen atoms in total. The van der Waals surface area contributed by atoms with Gasteiger partial charge in [0.1, 0.15) is 11.6 Å². The number of carbonyl (C=O) groups excluding carboxylic acids is 2. The second-order valence-corrected chi connectivity index (χ2v) is 7.13. The van der Waals surface area contributed by atoms with Crippen LogP contribution in [0.15, 0.2) is 59.0 Å². The van der Waals surface area contributed by atoms with E-state index >= 15 is 0 Å². The summed E-state index contributed by atoms with van der Waals surface area (Å²) in [5.74, 6) is -0.519. The number of anilines is 1. The number of amides is 1. The summed E-state index contributed by atoms with van der Waals surface area (Å²) < 4.78 is 16.5. The van der Waals surface area contributed by atoms with Crippen molar-refractivity contribution >= 4 is 40.9 Å². The lowest BCUT2D eigenvalue weighted by molar-refractivity contribution is -0.121. The largest absolute Gasteiger partial charge is 0.460 e. The average Bonchev–Trinajstić information content (AvgIpc) is 3.40. The zero-order valence-corrected chi connectivity index (χ0v) is 17.9. The van der Waals surface area contributed by atoms with Gasteiger partial charge in [0, 0.05) is 11.1 Å². The molecule has 0 aliphatic carbocycles. The number of ether oxygens (including phenoxy) is 2. The lowest BCUT2D eigenvalue weighted by atomic mass is 10.1. The Morgan fingerprint density at radius 2 is 1.97 bits per heavy atom. The number of carbonyl (C=O) groups is 2. The van der Waals surface area contributed by atoms with Gasteiger partial charge in [-0.3, -0.25) is 4.79 Å². The predicted octanol–water partition coefficient (Wildman–Crippen LogP) is 3.92. The van der Waals surface area contributed by atoms with E-state index in [4.69, 9.17) is 13.9 Å². The van der Waals surface area contributed by atoms with Crippen molar-refractivity contribution in [1.29, 1.82) is 0 Å². The van der Waals surface area contributed by atoms with Gasteiger partial charge in [-0.05, 0) is 49.7 Å². The molecule has 2 heterocycles. The Bertz CT molecular complexity index is 1040. The molecular formula is C23H25ClN2O5. The minimum atomic E-state index is -0.507. The molecule has 1 amide bonds. The zero-order chi connectivity index (χ0) is 20.9. The van der Waals surface area contributed by atoms with Crippen molar-refractivity contribution < 1.29 is 23.5 Å². The third kappa shape index (κ3) is 5.44. The van der Waals surface area contributed by atoms with Crippen LogP contribution < -0.4 is 10.6 Å². The van der Waals surface area contributed by atoms with Crippen molar-refractivity contribution in [1.82, 2.24) is 5.32 Å². The van der Waals surface area contributed by atoms with Crippen molar-refractivity contribution in [3.8, 4) is 0 Å². The van der Waals surface area contributed by atoms with Crippen molar-refractivity contribution in [3.05, 3.63) is 65.9 Å². The Labute approximate surface area is 186 Å². The summed E-state index contributed by atoms with van der Waals surface area (Å²) in [6, 6.07) is 16.3. The first-order chi connectivity index (χ1) is 14.6. The predicted molar refractivity (Wildman–Crippen MR) is 119 cm³/mol. The summed E-state index contributed by atoms with van der Waals surface area (Å²) in [6.07, 6.45) is 0.576. The number of fused-ring (bicyclic) bond motifs is 1. The van der Waals surface area contributed by atoms with Crippen LogP contribution in [0.25, 0.3) is 11.0 Å². The topological polar surface area (TPSA) is 89.8 Å².